The summed E-state index contributed by atoms with van der Waals surface area (Å²) >= 11 is 0. The van der Waals surface area contributed by atoms with Crippen molar-refractivity contribution in [3.05, 3.63) is 23.8 Å². The molecule has 0 aromatic carbocycles. The van der Waals surface area contributed by atoms with Crippen LogP contribution in [0.15, 0.2) is 23.8 Å². The topological polar surface area (TPSA) is 101 Å². The van der Waals surface area contributed by atoms with Crippen molar-refractivity contribution < 1.29 is 29.3 Å². The molecule has 0 spiro atoms. The van der Waals surface area contributed by atoms with Crippen molar-refractivity contribution in [3.8, 4) is 0 Å². The number of ether oxygens (including phenoxy) is 1. The maximum atomic E-state index is 12.9. The molecular weight excluding hydrogens is 372 g/mol. The van der Waals surface area contributed by atoms with Gasteiger partial charge >= 0.3 is 5.97 Å². The first-order valence-corrected chi connectivity index (χ1v) is 10.5. The van der Waals surface area contributed by atoms with Crippen molar-refractivity contribution in [2.24, 2.45) is 28.6 Å². The highest BCUT2D eigenvalue weighted by molar-refractivity contribution is 6.01. The number of fused-ring (bicyclic) bond motifs is 5. The summed E-state index contributed by atoms with van der Waals surface area (Å²) in [5, 5.41) is 22.7. The molecule has 0 aromatic rings. The van der Waals surface area contributed by atoms with Gasteiger partial charge in [0.25, 0.3) is 0 Å². The van der Waals surface area contributed by atoms with Gasteiger partial charge in [-0.2, -0.15) is 0 Å². The normalized spacial score (nSPS) is 45.7. The molecule has 0 aromatic heterocycles. The van der Waals surface area contributed by atoms with E-state index in [-0.39, 0.29) is 29.0 Å². The second kappa shape index (κ2) is 6.61. The van der Waals surface area contributed by atoms with Gasteiger partial charge in [-0.25, -0.2) is 0 Å². The molecule has 6 nitrogen and oxygen atoms in total. The highest BCUT2D eigenvalue weighted by atomic mass is 16.5. The second-order valence-electron chi connectivity index (χ2n) is 9.81. The van der Waals surface area contributed by atoms with Crippen LogP contribution < -0.4 is 0 Å². The number of carbonyl (C=O) groups excluding carboxylic acids is 3. The van der Waals surface area contributed by atoms with E-state index in [1.54, 1.807) is 12.2 Å². The number of Topliss-reactive ketones (excluding diaryl/α,β-unsaturated/α-hetero) is 1. The van der Waals surface area contributed by atoms with Gasteiger partial charge in [-0.1, -0.05) is 25.5 Å². The molecule has 4 aliphatic carbocycles. The van der Waals surface area contributed by atoms with Gasteiger partial charge in [-0.15, -0.1) is 0 Å². The fourth-order valence-electron chi connectivity index (χ4n) is 7.08. The summed E-state index contributed by atoms with van der Waals surface area (Å²) in [4.78, 5) is 35.9. The van der Waals surface area contributed by atoms with Crippen LogP contribution in [-0.2, 0) is 19.1 Å². The molecule has 0 saturated heterocycles. The van der Waals surface area contributed by atoms with Gasteiger partial charge in [0.15, 0.2) is 12.4 Å². The average molecular weight is 402 g/mol. The zero-order chi connectivity index (χ0) is 21.2. The lowest BCUT2D eigenvalue weighted by molar-refractivity contribution is -0.181. The zero-order valence-electron chi connectivity index (χ0n) is 17.3. The third kappa shape index (κ3) is 2.79. The summed E-state index contributed by atoms with van der Waals surface area (Å²) in [5.41, 5.74) is -1.67. The Morgan fingerprint density at radius 2 is 2.00 bits per heavy atom. The predicted molar refractivity (Wildman–Crippen MR) is 105 cm³/mol. The van der Waals surface area contributed by atoms with E-state index in [1.807, 2.05) is 13.0 Å². The van der Waals surface area contributed by atoms with E-state index in [0.29, 0.717) is 19.3 Å². The molecule has 29 heavy (non-hydrogen) atoms. The van der Waals surface area contributed by atoms with Gasteiger partial charge in [0.1, 0.15) is 5.60 Å². The van der Waals surface area contributed by atoms with E-state index in [0.717, 1.165) is 18.4 Å². The first kappa shape index (κ1) is 20.5. The summed E-state index contributed by atoms with van der Waals surface area (Å²) in [7, 11) is 0. The summed E-state index contributed by atoms with van der Waals surface area (Å²) in [5.74, 6) is -0.836. The first-order chi connectivity index (χ1) is 13.5. The molecule has 0 unspecified atom stereocenters. The maximum absolute atomic E-state index is 12.9. The van der Waals surface area contributed by atoms with E-state index in [9.17, 15) is 24.6 Å². The van der Waals surface area contributed by atoms with Gasteiger partial charge in [0.05, 0.1) is 6.10 Å². The van der Waals surface area contributed by atoms with Crippen LogP contribution in [-0.4, -0.2) is 46.1 Å². The van der Waals surface area contributed by atoms with Crippen LogP contribution in [0, 0.1) is 28.6 Å². The molecule has 0 amide bonds. The number of hydrogen-bond acceptors (Lipinski definition) is 6. The fraction of sp³-hybridized carbons (Fsp3) is 0.696. The minimum absolute atomic E-state index is 0.00243. The predicted octanol–water partition coefficient (Wildman–Crippen LogP) is 2.13. The number of carbonyl (C=O) groups is 3. The number of aliphatic hydroxyl groups is 2. The first-order valence-electron chi connectivity index (χ1n) is 10.5. The van der Waals surface area contributed by atoms with Gasteiger partial charge in [-0.05, 0) is 56.1 Å². The minimum Gasteiger partial charge on any atom is -0.458 e. The van der Waals surface area contributed by atoms with Crippen molar-refractivity contribution in [2.75, 3.05) is 6.61 Å². The van der Waals surface area contributed by atoms with Crippen LogP contribution in [0.3, 0.4) is 0 Å². The molecule has 6 heteroatoms. The Labute approximate surface area is 171 Å². The summed E-state index contributed by atoms with van der Waals surface area (Å²) < 4.78 is 4.88. The fourth-order valence-corrected chi connectivity index (χ4v) is 7.08. The number of rotatable bonds is 3. The van der Waals surface area contributed by atoms with Crippen molar-refractivity contribution in [1.29, 1.82) is 0 Å². The molecule has 3 saturated carbocycles. The monoisotopic (exact) mass is 402 g/mol. The average Bonchev–Trinajstić information content (AvgIpc) is 2.91. The molecule has 4 aliphatic rings. The summed E-state index contributed by atoms with van der Waals surface area (Å²) in [6, 6.07) is 0. The Hall–Kier alpha value is -1.79. The molecule has 158 valence electrons. The molecule has 7 atom stereocenters. The van der Waals surface area contributed by atoms with E-state index >= 15 is 0 Å². The molecule has 0 bridgehead atoms. The van der Waals surface area contributed by atoms with Gasteiger partial charge in [-0.3, -0.25) is 14.4 Å². The smallest absolute Gasteiger partial charge is 0.303 e. The van der Waals surface area contributed by atoms with E-state index in [1.165, 1.54) is 6.92 Å². The van der Waals surface area contributed by atoms with Gasteiger partial charge in [0.2, 0.25) is 5.78 Å². The number of allylic oxidation sites excluding steroid dienone is 4. The minimum atomic E-state index is -1.60. The van der Waals surface area contributed by atoms with Gasteiger partial charge < -0.3 is 14.9 Å². The Balaban J connectivity index is 1.66. The van der Waals surface area contributed by atoms with E-state index < -0.39 is 35.5 Å². The molecule has 3 fully saturated rings. The lowest BCUT2D eigenvalue weighted by atomic mass is 9.46. The molecule has 4 rings (SSSR count). The largest absolute Gasteiger partial charge is 0.458 e. The quantitative estimate of drug-likeness (QED) is 0.702. The lowest BCUT2D eigenvalue weighted by Gasteiger charge is -2.59. The Kier molecular flexibility index (Phi) is 4.67. The van der Waals surface area contributed by atoms with E-state index in [4.69, 9.17) is 4.74 Å². The van der Waals surface area contributed by atoms with Crippen molar-refractivity contribution in [3.63, 3.8) is 0 Å². The van der Waals surface area contributed by atoms with Crippen LogP contribution in [0.1, 0.15) is 52.9 Å². The van der Waals surface area contributed by atoms with Crippen LogP contribution in [0.4, 0.5) is 0 Å². The maximum Gasteiger partial charge on any atom is 0.303 e. The summed E-state index contributed by atoms with van der Waals surface area (Å²) in [6.45, 7) is 4.80. The Morgan fingerprint density at radius 3 is 2.69 bits per heavy atom. The Bertz CT molecular complexity index is 827. The van der Waals surface area contributed by atoms with E-state index in [2.05, 4.69) is 6.92 Å². The van der Waals surface area contributed by atoms with Crippen molar-refractivity contribution >= 4 is 17.5 Å². The SMILES string of the molecule is CC(=O)OCC(=O)[C@]1(O)CC[C@@H]2[C@H]3CCC4=CC(=O)C=C[C@]4(C)[C@@H]3[C@@H](O)C[C@]21C. The van der Waals surface area contributed by atoms with Crippen molar-refractivity contribution in [2.45, 2.75) is 64.6 Å². The highest BCUT2D eigenvalue weighted by Gasteiger charge is 2.68. The standard InChI is InChI=1S/C23H30O6/c1-13(24)29-12-19(27)23(28)9-7-17-16-5-4-14-10-15(25)6-8-21(14,2)20(16)18(26)11-22(17,23)3/h6,8,10,16-18,20,26,28H,4-5,7,9,11-12H2,1-3H3/t16-,17-,18+,20+,21+,22-,23-/m1/s1. The number of ketones is 2. The number of hydrogen-bond donors (Lipinski definition) is 2. The van der Waals surface area contributed by atoms with Crippen LogP contribution in [0.2, 0.25) is 0 Å². The molecule has 2 N–H and O–H groups in total. The number of esters is 1. The molecule has 0 radical (unpaired) electrons. The lowest BCUT2D eigenvalue weighted by Crippen LogP contribution is -2.61. The Morgan fingerprint density at radius 1 is 1.28 bits per heavy atom. The molecular formula is C23H30O6. The molecule has 0 heterocycles. The summed E-state index contributed by atoms with van der Waals surface area (Å²) in [6.07, 6.45) is 7.50. The van der Waals surface area contributed by atoms with Crippen LogP contribution >= 0.6 is 0 Å². The second-order valence-corrected chi connectivity index (χ2v) is 9.81. The van der Waals surface area contributed by atoms with Crippen molar-refractivity contribution in [1.82, 2.24) is 0 Å². The number of aliphatic hydroxyl groups excluding tert-OH is 1. The third-order valence-corrected chi connectivity index (χ3v) is 8.52. The van der Waals surface area contributed by atoms with Crippen LogP contribution in [0.25, 0.3) is 0 Å². The zero-order valence-corrected chi connectivity index (χ0v) is 17.3. The van der Waals surface area contributed by atoms with Crippen LogP contribution in [0.5, 0.6) is 0 Å². The third-order valence-electron chi connectivity index (χ3n) is 8.52. The highest BCUT2D eigenvalue weighted by Crippen LogP contribution is 2.67. The molecule has 0 aliphatic heterocycles. The van der Waals surface area contributed by atoms with Gasteiger partial charge in [0, 0.05) is 23.7 Å².